The summed E-state index contributed by atoms with van der Waals surface area (Å²) >= 11 is 0. The molecule has 0 saturated carbocycles. The van der Waals surface area contributed by atoms with E-state index in [2.05, 4.69) is 31.1 Å². The highest BCUT2D eigenvalue weighted by Crippen LogP contribution is 2.25. The SMILES string of the molecule is CC(=O)NC(Cc1c[nH]c2ccccc12)C(=O)N(C)c1ccc(C(C)(C)C)cc1. The molecule has 0 aliphatic carbocycles. The number of fused-ring (bicyclic) bond motifs is 1. The summed E-state index contributed by atoms with van der Waals surface area (Å²) in [6.07, 6.45) is 2.33. The molecule has 1 atom stereocenters. The maximum atomic E-state index is 13.2. The maximum Gasteiger partial charge on any atom is 0.249 e. The van der Waals surface area contributed by atoms with Crippen molar-refractivity contribution in [2.24, 2.45) is 0 Å². The van der Waals surface area contributed by atoms with Crippen molar-refractivity contribution in [1.29, 1.82) is 0 Å². The number of aromatic amines is 1. The Balaban J connectivity index is 1.84. The first-order valence-electron chi connectivity index (χ1n) is 9.87. The Morgan fingerprint density at radius 3 is 2.34 bits per heavy atom. The number of aromatic nitrogens is 1. The third-order valence-electron chi connectivity index (χ3n) is 5.23. The summed E-state index contributed by atoms with van der Waals surface area (Å²) in [5, 5.41) is 3.89. The van der Waals surface area contributed by atoms with Crippen LogP contribution in [0.15, 0.2) is 54.7 Å². The topological polar surface area (TPSA) is 65.2 Å². The van der Waals surface area contributed by atoms with Gasteiger partial charge in [-0.3, -0.25) is 9.59 Å². The summed E-state index contributed by atoms with van der Waals surface area (Å²) in [5.74, 6) is -0.367. The molecule has 0 fully saturated rings. The average Bonchev–Trinajstić information content (AvgIpc) is 3.08. The van der Waals surface area contributed by atoms with Crippen molar-refractivity contribution in [3.05, 3.63) is 65.9 Å². The Kier molecular flexibility index (Phi) is 5.78. The van der Waals surface area contributed by atoms with Gasteiger partial charge in [-0.15, -0.1) is 0 Å². The minimum atomic E-state index is -0.640. The van der Waals surface area contributed by atoms with Gasteiger partial charge in [-0.25, -0.2) is 0 Å². The maximum absolute atomic E-state index is 13.2. The van der Waals surface area contributed by atoms with Gasteiger partial charge in [0, 0.05) is 43.2 Å². The molecule has 2 aromatic carbocycles. The van der Waals surface area contributed by atoms with Crippen LogP contribution in [-0.2, 0) is 21.4 Å². The zero-order chi connectivity index (χ0) is 21.2. The van der Waals surface area contributed by atoms with E-state index >= 15 is 0 Å². The molecule has 0 aliphatic heterocycles. The second-order valence-electron chi connectivity index (χ2n) is 8.51. The Morgan fingerprint density at radius 1 is 1.07 bits per heavy atom. The van der Waals surface area contributed by atoms with Crippen LogP contribution in [0, 0.1) is 0 Å². The van der Waals surface area contributed by atoms with E-state index in [1.807, 2.05) is 54.7 Å². The lowest BCUT2D eigenvalue weighted by molar-refractivity contribution is -0.126. The van der Waals surface area contributed by atoms with Crippen molar-refractivity contribution in [2.45, 2.75) is 45.6 Å². The molecule has 0 saturated heterocycles. The number of carbonyl (C=O) groups excluding carboxylic acids is 2. The van der Waals surface area contributed by atoms with Gasteiger partial charge in [0.05, 0.1) is 0 Å². The first-order valence-corrected chi connectivity index (χ1v) is 9.87. The van der Waals surface area contributed by atoms with Crippen LogP contribution in [0.4, 0.5) is 5.69 Å². The highest BCUT2D eigenvalue weighted by atomic mass is 16.2. The van der Waals surface area contributed by atoms with Gasteiger partial charge in [-0.1, -0.05) is 51.1 Å². The van der Waals surface area contributed by atoms with Crippen molar-refractivity contribution in [3.8, 4) is 0 Å². The van der Waals surface area contributed by atoms with Crippen LogP contribution in [0.5, 0.6) is 0 Å². The van der Waals surface area contributed by atoms with Crippen LogP contribution in [0.2, 0.25) is 0 Å². The molecule has 1 aromatic heterocycles. The van der Waals surface area contributed by atoms with Gasteiger partial charge in [-0.05, 0) is 34.7 Å². The van der Waals surface area contributed by atoms with Crippen molar-refractivity contribution in [2.75, 3.05) is 11.9 Å². The average molecular weight is 392 g/mol. The molecule has 152 valence electrons. The quantitative estimate of drug-likeness (QED) is 0.685. The molecule has 3 rings (SSSR count). The molecule has 1 unspecified atom stereocenters. The molecular weight excluding hydrogens is 362 g/mol. The molecular formula is C24H29N3O2. The number of amides is 2. The summed E-state index contributed by atoms with van der Waals surface area (Å²) in [5.41, 5.74) is 4.08. The van der Waals surface area contributed by atoms with E-state index in [-0.39, 0.29) is 17.2 Å². The highest BCUT2D eigenvalue weighted by molar-refractivity contribution is 5.99. The van der Waals surface area contributed by atoms with Gasteiger partial charge >= 0.3 is 0 Å². The molecule has 3 aromatic rings. The molecule has 0 spiro atoms. The number of likely N-dealkylation sites (N-methyl/N-ethyl adjacent to an activating group) is 1. The van der Waals surface area contributed by atoms with Crippen LogP contribution in [0.3, 0.4) is 0 Å². The van der Waals surface area contributed by atoms with Gasteiger partial charge in [0.1, 0.15) is 6.04 Å². The summed E-state index contributed by atoms with van der Waals surface area (Å²) in [6.45, 7) is 7.91. The number of carbonyl (C=O) groups is 2. The number of rotatable bonds is 5. The molecule has 1 heterocycles. The van der Waals surface area contributed by atoms with E-state index in [1.54, 1.807) is 11.9 Å². The Hall–Kier alpha value is -3.08. The largest absolute Gasteiger partial charge is 0.361 e. The van der Waals surface area contributed by atoms with Crippen LogP contribution < -0.4 is 10.2 Å². The van der Waals surface area contributed by atoms with Crippen molar-refractivity contribution in [3.63, 3.8) is 0 Å². The van der Waals surface area contributed by atoms with Crippen molar-refractivity contribution in [1.82, 2.24) is 10.3 Å². The number of H-pyrrole nitrogens is 1. The van der Waals surface area contributed by atoms with Gasteiger partial charge in [-0.2, -0.15) is 0 Å². The van der Waals surface area contributed by atoms with Crippen LogP contribution in [0.1, 0.15) is 38.8 Å². The smallest absolute Gasteiger partial charge is 0.249 e. The van der Waals surface area contributed by atoms with E-state index in [1.165, 1.54) is 12.5 Å². The van der Waals surface area contributed by atoms with E-state index in [0.717, 1.165) is 22.2 Å². The lowest BCUT2D eigenvalue weighted by Crippen LogP contribution is -2.48. The summed E-state index contributed by atoms with van der Waals surface area (Å²) in [7, 11) is 1.75. The first kappa shape index (κ1) is 20.6. The lowest BCUT2D eigenvalue weighted by Gasteiger charge is -2.25. The fourth-order valence-corrected chi connectivity index (χ4v) is 3.51. The molecule has 0 bridgehead atoms. The summed E-state index contributed by atoms with van der Waals surface area (Å²) in [6, 6.07) is 15.3. The normalized spacial score (nSPS) is 12.6. The predicted octanol–water partition coefficient (Wildman–Crippen LogP) is 4.18. The van der Waals surface area contributed by atoms with Gasteiger partial charge in [0.2, 0.25) is 11.8 Å². The standard InChI is InChI=1S/C24H29N3O2/c1-16(28)26-22(14-17-15-25-21-9-7-6-8-20(17)21)23(29)27(5)19-12-10-18(11-13-19)24(2,3)4/h6-13,15,22,25H,14H2,1-5H3,(H,26,28). The number of para-hydroxylation sites is 1. The van der Waals surface area contributed by atoms with Crippen LogP contribution in [-0.4, -0.2) is 29.9 Å². The summed E-state index contributed by atoms with van der Waals surface area (Å²) < 4.78 is 0. The first-order chi connectivity index (χ1) is 13.7. The number of nitrogens with one attached hydrogen (secondary N) is 2. The van der Waals surface area contributed by atoms with Crippen molar-refractivity contribution >= 4 is 28.4 Å². The van der Waals surface area contributed by atoms with Gasteiger partial charge in [0.15, 0.2) is 0 Å². The van der Waals surface area contributed by atoms with Gasteiger partial charge in [0.25, 0.3) is 0 Å². The molecule has 5 heteroatoms. The van der Waals surface area contributed by atoms with Gasteiger partial charge < -0.3 is 15.2 Å². The lowest BCUT2D eigenvalue weighted by atomic mass is 9.87. The molecule has 5 nitrogen and oxygen atoms in total. The molecule has 0 radical (unpaired) electrons. The monoisotopic (exact) mass is 391 g/mol. The fourth-order valence-electron chi connectivity index (χ4n) is 3.51. The highest BCUT2D eigenvalue weighted by Gasteiger charge is 2.25. The van der Waals surface area contributed by atoms with E-state index in [9.17, 15) is 9.59 Å². The van der Waals surface area contributed by atoms with Crippen molar-refractivity contribution < 1.29 is 9.59 Å². The number of hydrogen-bond donors (Lipinski definition) is 2. The number of nitrogens with zero attached hydrogens (tertiary/aromatic N) is 1. The second kappa shape index (κ2) is 8.11. The number of anilines is 1. The van der Waals surface area contributed by atoms with Crippen LogP contribution >= 0.6 is 0 Å². The summed E-state index contributed by atoms with van der Waals surface area (Å²) in [4.78, 5) is 29.8. The fraction of sp³-hybridized carbons (Fsp3) is 0.333. The minimum Gasteiger partial charge on any atom is -0.361 e. The van der Waals surface area contributed by atoms with E-state index < -0.39 is 6.04 Å². The number of hydrogen-bond acceptors (Lipinski definition) is 2. The zero-order valence-electron chi connectivity index (χ0n) is 17.7. The molecule has 29 heavy (non-hydrogen) atoms. The van der Waals surface area contributed by atoms with Crippen LogP contribution in [0.25, 0.3) is 10.9 Å². The third-order valence-corrected chi connectivity index (χ3v) is 5.23. The Labute approximate surface area is 172 Å². The molecule has 2 amide bonds. The molecule has 0 aliphatic rings. The molecule has 2 N–H and O–H groups in total. The third kappa shape index (κ3) is 4.67. The minimum absolute atomic E-state index is 0.0508. The zero-order valence-corrected chi connectivity index (χ0v) is 17.7. The Bertz CT molecular complexity index is 1010. The van der Waals surface area contributed by atoms with E-state index in [0.29, 0.717) is 6.42 Å². The Morgan fingerprint density at radius 2 is 1.72 bits per heavy atom. The predicted molar refractivity (Wildman–Crippen MR) is 118 cm³/mol. The second-order valence-corrected chi connectivity index (χ2v) is 8.51. The number of benzene rings is 2. The van der Waals surface area contributed by atoms with E-state index in [4.69, 9.17) is 0 Å².